The first-order valence-electron chi connectivity index (χ1n) is 6.12. The molecule has 0 radical (unpaired) electrons. The van der Waals surface area contributed by atoms with Crippen LogP contribution in [0.3, 0.4) is 0 Å². The molecule has 0 saturated carbocycles. The summed E-state index contributed by atoms with van der Waals surface area (Å²) in [4.78, 5) is 6.73. The maximum atomic E-state index is 5.77. The van der Waals surface area contributed by atoms with Crippen molar-refractivity contribution in [3.05, 3.63) is 59.3 Å². The number of nitrogens with two attached hydrogens (primary N) is 1. The predicted molar refractivity (Wildman–Crippen MR) is 75.4 cm³/mol. The van der Waals surface area contributed by atoms with Crippen LogP contribution in [0.25, 0.3) is 0 Å². The van der Waals surface area contributed by atoms with Gasteiger partial charge in [-0.05, 0) is 18.6 Å². The molecule has 3 heteroatoms. The van der Waals surface area contributed by atoms with Gasteiger partial charge in [0.1, 0.15) is 5.82 Å². The van der Waals surface area contributed by atoms with E-state index in [1.807, 2.05) is 26.1 Å². The number of hydrogen-bond acceptors (Lipinski definition) is 3. The lowest BCUT2D eigenvalue weighted by atomic mass is 10.2. The van der Waals surface area contributed by atoms with Crippen LogP contribution in [-0.2, 0) is 13.1 Å². The van der Waals surface area contributed by atoms with Gasteiger partial charge in [0.05, 0.1) is 0 Å². The molecule has 0 atom stereocenters. The average Bonchev–Trinajstić information content (AvgIpc) is 2.40. The molecule has 3 nitrogen and oxygen atoms in total. The van der Waals surface area contributed by atoms with E-state index in [2.05, 4.69) is 40.2 Å². The molecule has 1 aromatic carbocycles. The average molecular weight is 241 g/mol. The van der Waals surface area contributed by atoms with Crippen molar-refractivity contribution < 1.29 is 0 Å². The molecule has 0 spiro atoms. The molecule has 0 aliphatic rings. The van der Waals surface area contributed by atoms with Gasteiger partial charge in [0.15, 0.2) is 0 Å². The summed E-state index contributed by atoms with van der Waals surface area (Å²) >= 11 is 0. The summed E-state index contributed by atoms with van der Waals surface area (Å²) in [5.74, 6) is 0.973. The van der Waals surface area contributed by atoms with Crippen LogP contribution in [0.5, 0.6) is 0 Å². The minimum Gasteiger partial charge on any atom is -0.355 e. The van der Waals surface area contributed by atoms with Crippen molar-refractivity contribution in [3.8, 4) is 0 Å². The van der Waals surface area contributed by atoms with Gasteiger partial charge in [0.25, 0.3) is 0 Å². The van der Waals surface area contributed by atoms with Gasteiger partial charge in [0, 0.05) is 31.4 Å². The first-order chi connectivity index (χ1) is 8.70. The summed E-state index contributed by atoms with van der Waals surface area (Å²) in [5, 5.41) is 0. The third-order valence-electron chi connectivity index (χ3n) is 2.94. The van der Waals surface area contributed by atoms with Gasteiger partial charge in [-0.2, -0.15) is 0 Å². The largest absolute Gasteiger partial charge is 0.355 e. The van der Waals surface area contributed by atoms with Crippen LogP contribution in [0.15, 0.2) is 42.5 Å². The van der Waals surface area contributed by atoms with E-state index in [4.69, 9.17) is 5.73 Å². The molecule has 2 aromatic rings. The molecule has 0 saturated heterocycles. The molecule has 94 valence electrons. The number of hydrogen-bond donors (Lipinski definition) is 1. The summed E-state index contributed by atoms with van der Waals surface area (Å²) in [6.07, 6.45) is 0. The second-order valence-electron chi connectivity index (χ2n) is 4.48. The van der Waals surface area contributed by atoms with Crippen molar-refractivity contribution in [2.75, 3.05) is 11.9 Å². The lowest BCUT2D eigenvalue weighted by Crippen LogP contribution is -2.20. The van der Waals surface area contributed by atoms with Crippen LogP contribution in [0.2, 0.25) is 0 Å². The SMILES string of the molecule is Cc1ccc(CN)c(N(C)Cc2ccccc2)n1. The molecule has 0 amide bonds. The predicted octanol–water partition coefficient (Wildman–Crippen LogP) is 2.49. The van der Waals surface area contributed by atoms with E-state index < -0.39 is 0 Å². The van der Waals surface area contributed by atoms with Crippen LogP contribution in [0.4, 0.5) is 5.82 Å². The second-order valence-corrected chi connectivity index (χ2v) is 4.48. The zero-order valence-electron chi connectivity index (χ0n) is 10.9. The van der Waals surface area contributed by atoms with Crippen molar-refractivity contribution in [2.45, 2.75) is 20.0 Å². The van der Waals surface area contributed by atoms with E-state index in [0.29, 0.717) is 6.54 Å². The maximum Gasteiger partial charge on any atom is 0.133 e. The van der Waals surface area contributed by atoms with Crippen molar-refractivity contribution in [1.82, 2.24) is 4.98 Å². The number of aryl methyl sites for hydroxylation is 1. The van der Waals surface area contributed by atoms with Crippen molar-refractivity contribution in [2.24, 2.45) is 5.73 Å². The molecule has 2 N–H and O–H groups in total. The monoisotopic (exact) mass is 241 g/mol. The Morgan fingerprint density at radius 2 is 1.83 bits per heavy atom. The first kappa shape index (κ1) is 12.6. The van der Waals surface area contributed by atoms with Gasteiger partial charge in [0.2, 0.25) is 0 Å². The summed E-state index contributed by atoms with van der Waals surface area (Å²) in [7, 11) is 2.05. The fourth-order valence-corrected chi connectivity index (χ4v) is 1.99. The lowest BCUT2D eigenvalue weighted by molar-refractivity contribution is 0.870. The minimum atomic E-state index is 0.516. The third kappa shape index (κ3) is 2.87. The van der Waals surface area contributed by atoms with Crippen molar-refractivity contribution in [1.29, 1.82) is 0 Å². The highest BCUT2D eigenvalue weighted by Gasteiger charge is 2.08. The van der Waals surface area contributed by atoms with E-state index in [1.54, 1.807) is 0 Å². The van der Waals surface area contributed by atoms with E-state index in [-0.39, 0.29) is 0 Å². The highest BCUT2D eigenvalue weighted by Crippen LogP contribution is 2.18. The molecule has 0 unspecified atom stereocenters. The molecule has 0 aliphatic heterocycles. The molecule has 2 rings (SSSR count). The first-order valence-corrected chi connectivity index (χ1v) is 6.12. The summed E-state index contributed by atoms with van der Waals surface area (Å²) < 4.78 is 0. The van der Waals surface area contributed by atoms with E-state index in [9.17, 15) is 0 Å². The van der Waals surface area contributed by atoms with Crippen LogP contribution in [-0.4, -0.2) is 12.0 Å². The Kier molecular flexibility index (Phi) is 3.95. The lowest BCUT2D eigenvalue weighted by Gasteiger charge is -2.21. The highest BCUT2D eigenvalue weighted by atomic mass is 15.2. The number of pyridine rings is 1. The molecule has 1 aromatic heterocycles. The normalized spacial score (nSPS) is 10.4. The molecule has 0 fully saturated rings. The number of nitrogens with zero attached hydrogens (tertiary/aromatic N) is 2. The Morgan fingerprint density at radius 3 is 2.50 bits per heavy atom. The van der Waals surface area contributed by atoms with Gasteiger partial charge in [-0.25, -0.2) is 4.98 Å². The highest BCUT2D eigenvalue weighted by molar-refractivity contribution is 5.47. The Balaban J connectivity index is 2.23. The maximum absolute atomic E-state index is 5.77. The van der Waals surface area contributed by atoms with Gasteiger partial charge in [-0.3, -0.25) is 0 Å². The Morgan fingerprint density at radius 1 is 1.11 bits per heavy atom. The Bertz CT molecular complexity index is 508. The standard InChI is InChI=1S/C15H19N3/c1-12-8-9-14(10-16)15(17-12)18(2)11-13-6-4-3-5-7-13/h3-9H,10-11,16H2,1-2H3. The van der Waals surface area contributed by atoms with Crippen LogP contribution < -0.4 is 10.6 Å². The van der Waals surface area contributed by atoms with Gasteiger partial charge < -0.3 is 10.6 Å². The van der Waals surface area contributed by atoms with Gasteiger partial charge in [-0.1, -0.05) is 36.4 Å². The Hall–Kier alpha value is -1.87. The van der Waals surface area contributed by atoms with Crippen LogP contribution >= 0.6 is 0 Å². The quantitative estimate of drug-likeness (QED) is 0.894. The Labute approximate surface area is 108 Å². The summed E-state index contributed by atoms with van der Waals surface area (Å²) in [6, 6.07) is 14.4. The smallest absolute Gasteiger partial charge is 0.133 e. The van der Waals surface area contributed by atoms with E-state index in [1.165, 1.54) is 5.56 Å². The number of anilines is 1. The summed E-state index contributed by atoms with van der Waals surface area (Å²) in [6.45, 7) is 3.35. The molecular formula is C15H19N3. The number of rotatable bonds is 4. The zero-order chi connectivity index (χ0) is 13.0. The minimum absolute atomic E-state index is 0.516. The third-order valence-corrected chi connectivity index (χ3v) is 2.94. The molecule has 1 heterocycles. The fourth-order valence-electron chi connectivity index (χ4n) is 1.99. The van der Waals surface area contributed by atoms with Gasteiger partial charge >= 0.3 is 0 Å². The topological polar surface area (TPSA) is 42.1 Å². The van der Waals surface area contributed by atoms with E-state index in [0.717, 1.165) is 23.6 Å². The molecule has 0 bridgehead atoms. The molecular weight excluding hydrogens is 222 g/mol. The van der Waals surface area contributed by atoms with Crippen molar-refractivity contribution >= 4 is 5.82 Å². The summed E-state index contributed by atoms with van der Waals surface area (Å²) in [5.41, 5.74) is 9.13. The molecule has 18 heavy (non-hydrogen) atoms. The molecule has 0 aliphatic carbocycles. The number of benzene rings is 1. The van der Waals surface area contributed by atoms with Crippen LogP contribution in [0.1, 0.15) is 16.8 Å². The zero-order valence-corrected chi connectivity index (χ0v) is 10.9. The van der Waals surface area contributed by atoms with Crippen LogP contribution in [0, 0.1) is 6.92 Å². The second kappa shape index (κ2) is 5.65. The van der Waals surface area contributed by atoms with Crippen molar-refractivity contribution in [3.63, 3.8) is 0 Å². The van der Waals surface area contributed by atoms with E-state index >= 15 is 0 Å². The van der Waals surface area contributed by atoms with Gasteiger partial charge in [-0.15, -0.1) is 0 Å². The number of aromatic nitrogens is 1. The fraction of sp³-hybridized carbons (Fsp3) is 0.267.